The van der Waals surface area contributed by atoms with E-state index in [0.29, 0.717) is 37.1 Å². The van der Waals surface area contributed by atoms with Gasteiger partial charge in [0.2, 0.25) is 0 Å². The van der Waals surface area contributed by atoms with Crippen molar-refractivity contribution in [2.24, 2.45) is 4.99 Å². The average molecular weight is 551 g/mol. The molecular weight excluding hydrogens is 528 g/mol. The number of thioether (sulfide) groups is 1. The van der Waals surface area contributed by atoms with Gasteiger partial charge >= 0.3 is 5.97 Å². The van der Waals surface area contributed by atoms with Crippen molar-refractivity contribution in [1.29, 1.82) is 0 Å². The molecule has 37 heavy (non-hydrogen) atoms. The van der Waals surface area contributed by atoms with Gasteiger partial charge in [-0.15, -0.1) is 11.8 Å². The Kier molecular flexibility index (Phi) is 7.24. The van der Waals surface area contributed by atoms with Gasteiger partial charge in [0.1, 0.15) is 11.5 Å². The van der Waals surface area contributed by atoms with E-state index in [9.17, 15) is 9.59 Å². The Morgan fingerprint density at radius 2 is 2.00 bits per heavy atom. The van der Waals surface area contributed by atoms with Gasteiger partial charge in [0.15, 0.2) is 4.80 Å². The summed E-state index contributed by atoms with van der Waals surface area (Å²) >= 11 is 9.00. The van der Waals surface area contributed by atoms with Crippen molar-refractivity contribution in [2.75, 3.05) is 12.9 Å². The molecular formula is C28H23ClN2O4S2. The molecule has 0 aliphatic carbocycles. The average Bonchev–Trinajstić information content (AvgIpc) is 3.48. The fourth-order valence-corrected chi connectivity index (χ4v) is 5.87. The highest BCUT2D eigenvalue weighted by Gasteiger charge is 2.33. The van der Waals surface area contributed by atoms with E-state index in [1.165, 1.54) is 11.3 Å². The first kappa shape index (κ1) is 25.3. The predicted molar refractivity (Wildman–Crippen MR) is 148 cm³/mol. The minimum atomic E-state index is -0.646. The maximum absolute atomic E-state index is 13.7. The zero-order valence-electron chi connectivity index (χ0n) is 20.4. The van der Waals surface area contributed by atoms with Crippen molar-refractivity contribution in [3.63, 3.8) is 0 Å². The molecule has 0 fully saturated rings. The van der Waals surface area contributed by atoms with Crippen LogP contribution in [0.2, 0.25) is 5.02 Å². The largest absolute Gasteiger partial charge is 0.463 e. The number of rotatable bonds is 6. The van der Waals surface area contributed by atoms with Gasteiger partial charge in [0.05, 0.1) is 28.5 Å². The number of nitrogens with zero attached hydrogens (tertiary/aromatic N) is 2. The number of halogens is 1. The first-order valence-corrected chi connectivity index (χ1v) is 14.0. The summed E-state index contributed by atoms with van der Waals surface area (Å²) in [6, 6.07) is 18.2. The summed E-state index contributed by atoms with van der Waals surface area (Å²) in [5.41, 5.74) is 2.30. The van der Waals surface area contributed by atoms with Crippen molar-refractivity contribution in [3.8, 4) is 11.3 Å². The van der Waals surface area contributed by atoms with E-state index >= 15 is 0 Å². The highest BCUT2D eigenvalue weighted by atomic mass is 35.5. The Bertz CT molecular complexity index is 1700. The van der Waals surface area contributed by atoms with Crippen LogP contribution >= 0.6 is 34.7 Å². The number of hydrogen-bond acceptors (Lipinski definition) is 7. The van der Waals surface area contributed by atoms with Crippen molar-refractivity contribution < 1.29 is 13.9 Å². The van der Waals surface area contributed by atoms with E-state index in [2.05, 4.69) is 4.99 Å². The molecule has 2 aromatic heterocycles. The van der Waals surface area contributed by atoms with E-state index in [4.69, 9.17) is 20.8 Å². The lowest BCUT2D eigenvalue weighted by molar-refractivity contribution is -0.139. The molecule has 0 amide bonds. The number of hydrogen-bond donors (Lipinski definition) is 0. The number of benzene rings is 2. The third-order valence-corrected chi connectivity index (χ3v) is 7.92. The predicted octanol–water partition coefficient (Wildman–Crippen LogP) is 5.43. The van der Waals surface area contributed by atoms with Crippen LogP contribution < -0.4 is 14.9 Å². The SMILES string of the molecule is CCOC(=O)C1=C(C)N=c2s/c(=C\c3ccc(-c4cccc(Cl)c4)o3)c(=O)n2[C@@H]1c1ccc(SC)cc1. The van der Waals surface area contributed by atoms with Gasteiger partial charge in [0.25, 0.3) is 5.56 Å². The molecule has 0 spiro atoms. The monoisotopic (exact) mass is 550 g/mol. The molecule has 4 aromatic rings. The van der Waals surface area contributed by atoms with Crippen molar-refractivity contribution >= 4 is 46.7 Å². The van der Waals surface area contributed by atoms with E-state index in [1.807, 2.05) is 60.9 Å². The molecule has 3 heterocycles. The molecule has 0 unspecified atom stereocenters. The number of carbonyl (C=O) groups is 1. The van der Waals surface area contributed by atoms with Gasteiger partial charge in [-0.2, -0.15) is 0 Å². The summed E-state index contributed by atoms with van der Waals surface area (Å²) in [5.74, 6) is 0.699. The zero-order chi connectivity index (χ0) is 26.1. The van der Waals surface area contributed by atoms with Gasteiger partial charge < -0.3 is 9.15 Å². The van der Waals surface area contributed by atoms with Crippen LogP contribution in [0.1, 0.15) is 31.2 Å². The van der Waals surface area contributed by atoms with Crippen molar-refractivity contribution in [1.82, 2.24) is 4.57 Å². The molecule has 1 atom stereocenters. The minimum Gasteiger partial charge on any atom is -0.463 e. The number of esters is 1. The van der Waals surface area contributed by atoms with Crippen molar-refractivity contribution in [3.05, 3.63) is 108 Å². The number of carbonyl (C=O) groups excluding carboxylic acids is 1. The van der Waals surface area contributed by atoms with Gasteiger partial charge in [0, 0.05) is 21.6 Å². The summed E-state index contributed by atoms with van der Waals surface area (Å²) < 4.78 is 13.4. The van der Waals surface area contributed by atoms with Gasteiger partial charge in [-0.25, -0.2) is 9.79 Å². The third kappa shape index (κ3) is 4.97. The quantitative estimate of drug-likeness (QED) is 0.236. The third-order valence-electron chi connectivity index (χ3n) is 5.96. The minimum absolute atomic E-state index is 0.228. The molecule has 9 heteroatoms. The van der Waals surface area contributed by atoms with Crippen LogP contribution in [0.25, 0.3) is 17.4 Å². The second-order valence-electron chi connectivity index (χ2n) is 8.29. The van der Waals surface area contributed by atoms with Gasteiger partial charge in [-0.05, 0) is 62.1 Å². The number of thiazole rings is 1. The molecule has 0 radical (unpaired) electrons. The Balaban J connectivity index is 1.63. The standard InChI is InChI=1S/C28H23ClN2O4S2/c1-4-34-27(33)24-16(2)30-28-31(25(24)17-8-11-21(36-3)12-9-17)26(32)23(37-28)15-20-10-13-22(35-20)18-6-5-7-19(29)14-18/h5-15,25H,4H2,1-3H3/b23-15-/t25-/m1/s1. The number of aromatic nitrogens is 1. The molecule has 5 rings (SSSR count). The first-order valence-electron chi connectivity index (χ1n) is 11.6. The van der Waals surface area contributed by atoms with E-state index in [1.54, 1.807) is 42.3 Å². The molecule has 1 aliphatic heterocycles. The van der Waals surface area contributed by atoms with Crippen LogP contribution in [0, 0.1) is 0 Å². The molecule has 0 N–H and O–H groups in total. The van der Waals surface area contributed by atoms with Crippen LogP contribution in [-0.4, -0.2) is 23.4 Å². The lowest BCUT2D eigenvalue weighted by Crippen LogP contribution is -2.39. The smallest absolute Gasteiger partial charge is 0.338 e. The Labute approximate surface area is 226 Å². The number of ether oxygens (including phenoxy) is 1. The Morgan fingerprint density at radius 1 is 1.22 bits per heavy atom. The Morgan fingerprint density at radius 3 is 2.70 bits per heavy atom. The van der Waals surface area contributed by atoms with Crippen LogP contribution in [0.4, 0.5) is 0 Å². The maximum atomic E-state index is 13.7. The number of furan rings is 1. The van der Waals surface area contributed by atoms with Crippen LogP contribution in [0.5, 0.6) is 0 Å². The molecule has 6 nitrogen and oxygen atoms in total. The fourth-order valence-electron chi connectivity index (χ4n) is 4.25. The second-order valence-corrected chi connectivity index (χ2v) is 10.6. The molecule has 0 saturated heterocycles. The van der Waals surface area contributed by atoms with E-state index < -0.39 is 12.0 Å². The Hall–Kier alpha value is -3.33. The van der Waals surface area contributed by atoms with Crippen LogP contribution in [0.3, 0.4) is 0 Å². The highest BCUT2D eigenvalue weighted by molar-refractivity contribution is 7.98. The lowest BCUT2D eigenvalue weighted by Gasteiger charge is -2.24. The van der Waals surface area contributed by atoms with E-state index in [0.717, 1.165) is 16.0 Å². The van der Waals surface area contributed by atoms with Crippen LogP contribution in [0.15, 0.2) is 91.0 Å². The zero-order valence-corrected chi connectivity index (χ0v) is 22.7. The first-order chi connectivity index (χ1) is 17.9. The molecule has 0 bridgehead atoms. The fraction of sp³-hybridized carbons (Fsp3) is 0.179. The molecule has 2 aromatic carbocycles. The molecule has 0 saturated carbocycles. The molecule has 188 valence electrons. The van der Waals surface area contributed by atoms with E-state index in [-0.39, 0.29) is 12.2 Å². The summed E-state index contributed by atoms with van der Waals surface area (Å²) in [5, 5.41) is 0.613. The topological polar surface area (TPSA) is 73.8 Å². The normalized spacial score (nSPS) is 15.5. The highest BCUT2D eigenvalue weighted by Crippen LogP contribution is 2.32. The van der Waals surface area contributed by atoms with Gasteiger partial charge in [-0.1, -0.05) is 47.2 Å². The second kappa shape index (κ2) is 10.6. The van der Waals surface area contributed by atoms with Crippen molar-refractivity contribution in [2.45, 2.75) is 24.8 Å². The maximum Gasteiger partial charge on any atom is 0.338 e. The summed E-state index contributed by atoms with van der Waals surface area (Å²) in [4.78, 5) is 32.9. The van der Waals surface area contributed by atoms with Gasteiger partial charge in [-0.3, -0.25) is 9.36 Å². The molecule has 1 aliphatic rings. The lowest BCUT2D eigenvalue weighted by atomic mass is 9.96. The number of allylic oxidation sites excluding steroid dienone is 1. The van der Waals surface area contributed by atoms with Crippen LogP contribution in [-0.2, 0) is 9.53 Å². The summed E-state index contributed by atoms with van der Waals surface area (Å²) in [6.45, 7) is 3.76. The summed E-state index contributed by atoms with van der Waals surface area (Å²) in [7, 11) is 0. The number of fused-ring (bicyclic) bond motifs is 1. The summed E-state index contributed by atoms with van der Waals surface area (Å²) in [6.07, 6.45) is 3.70.